The number of anilines is 2. The summed E-state index contributed by atoms with van der Waals surface area (Å²) in [5, 5.41) is 2.98. The highest BCUT2D eigenvalue weighted by Crippen LogP contribution is 2.30. The van der Waals surface area contributed by atoms with E-state index in [4.69, 9.17) is 9.47 Å². The average Bonchev–Trinajstić information content (AvgIpc) is 2.84. The molecule has 7 nitrogen and oxygen atoms in total. The molecule has 2 heterocycles. The van der Waals surface area contributed by atoms with E-state index in [1.165, 1.54) is 12.1 Å². The Hall–Kier alpha value is -3.68. The van der Waals surface area contributed by atoms with Crippen LogP contribution in [0.5, 0.6) is 11.5 Å². The van der Waals surface area contributed by atoms with Gasteiger partial charge in [-0.1, -0.05) is 0 Å². The predicted molar refractivity (Wildman–Crippen MR) is 121 cm³/mol. The quantitative estimate of drug-likeness (QED) is 0.626. The van der Waals surface area contributed by atoms with Crippen molar-refractivity contribution in [2.45, 2.75) is 12.8 Å². The molecule has 0 radical (unpaired) electrons. The van der Waals surface area contributed by atoms with E-state index in [-0.39, 0.29) is 17.6 Å². The van der Waals surface area contributed by atoms with E-state index in [1.807, 2.05) is 6.07 Å². The van der Waals surface area contributed by atoms with Gasteiger partial charge in [-0.2, -0.15) is 0 Å². The van der Waals surface area contributed by atoms with Crippen molar-refractivity contribution >= 4 is 17.4 Å². The Morgan fingerprint density at radius 1 is 1.09 bits per heavy atom. The number of rotatable bonds is 6. The number of aromatic nitrogens is 2. The maximum Gasteiger partial charge on any atom is 0.229 e. The number of nitrogens with zero attached hydrogens (tertiary/aromatic N) is 3. The van der Waals surface area contributed by atoms with Crippen LogP contribution in [0.4, 0.5) is 15.9 Å². The van der Waals surface area contributed by atoms with Gasteiger partial charge in [0.1, 0.15) is 11.6 Å². The first-order valence-electron chi connectivity index (χ1n) is 10.4. The molecule has 1 aliphatic rings. The van der Waals surface area contributed by atoms with Gasteiger partial charge in [0.25, 0.3) is 0 Å². The van der Waals surface area contributed by atoms with Crippen molar-refractivity contribution in [2.75, 3.05) is 37.5 Å². The molecule has 1 aliphatic heterocycles. The number of nitrogens with one attached hydrogen (secondary N) is 1. The number of amides is 1. The lowest BCUT2D eigenvalue weighted by atomic mass is 9.97. The second kappa shape index (κ2) is 9.64. The highest BCUT2D eigenvalue weighted by molar-refractivity contribution is 5.93. The van der Waals surface area contributed by atoms with Crippen LogP contribution in [0.25, 0.3) is 11.4 Å². The fourth-order valence-corrected chi connectivity index (χ4v) is 3.82. The van der Waals surface area contributed by atoms with Crippen LogP contribution in [0.2, 0.25) is 0 Å². The fourth-order valence-electron chi connectivity index (χ4n) is 3.82. The summed E-state index contributed by atoms with van der Waals surface area (Å²) < 4.78 is 23.8. The lowest BCUT2D eigenvalue weighted by molar-refractivity contribution is -0.120. The molecular formula is C24H25FN4O3. The minimum Gasteiger partial charge on any atom is -0.493 e. The van der Waals surface area contributed by atoms with E-state index < -0.39 is 0 Å². The molecular weight excluding hydrogens is 411 g/mol. The second-order valence-corrected chi connectivity index (χ2v) is 7.59. The molecule has 3 aromatic rings. The summed E-state index contributed by atoms with van der Waals surface area (Å²) >= 11 is 0. The molecule has 166 valence electrons. The van der Waals surface area contributed by atoms with Crippen molar-refractivity contribution < 1.29 is 18.7 Å². The lowest BCUT2D eigenvalue weighted by Gasteiger charge is -2.33. The van der Waals surface area contributed by atoms with Crippen molar-refractivity contribution in [3.63, 3.8) is 0 Å². The minimum absolute atomic E-state index is 0.0465. The summed E-state index contributed by atoms with van der Waals surface area (Å²) in [5.74, 6) is 1.92. The van der Waals surface area contributed by atoms with E-state index in [0.29, 0.717) is 29.6 Å². The Kier molecular flexibility index (Phi) is 6.49. The summed E-state index contributed by atoms with van der Waals surface area (Å²) in [6.45, 7) is 1.36. The summed E-state index contributed by atoms with van der Waals surface area (Å²) in [6, 6.07) is 13.2. The van der Waals surface area contributed by atoms with Gasteiger partial charge in [-0.15, -0.1) is 0 Å². The van der Waals surface area contributed by atoms with Crippen LogP contribution in [0, 0.1) is 11.7 Å². The van der Waals surface area contributed by atoms with Crippen LogP contribution < -0.4 is 19.7 Å². The Labute approximate surface area is 186 Å². The molecule has 2 aromatic carbocycles. The smallest absolute Gasteiger partial charge is 0.229 e. The molecule has 1 atom stereocenters. The molecule has 0 saturated carbocycles. The van der Waals surface area contributed by atoms with Crippen LogP contribution in [-0.2, 0) is 4.79 Å². The number of benzene rings is 2. The Morgan fingerprint density at radius 2 is 1.88 bits per heavy atom. The summed E-state index contributed by atoms with van der Waals surface area (Å²) in [7, 11) is 3.13. The number of halogens is 1. The SMILES string of the molecule is COc1ccc(NC(=O)C2CCCN(c3ccnc(-c4ccc(F)cc4)n3)C2)cc1OC. The zero-order valence-corrected chi connectivity index (χ0v) is 18.0. The first-order chi connectivity index (χ1) is 15.6. The highest BCUT2D eigenvalue weighted by atomic mass is 19.1. The van der Waals surface area contributed by atoms with Crippen LogP contribution in [-0.4, -0.2) is 43.2 Å². The molecule has 0 bridgehead atoms. The number of carbonyl (C=O) groups is 1. The number of methoxy groups -OCH3 is 2. The maximum atomic E-state index is 13.2. The van der Waals surface area contributed by atoms with Crippen molar-refractivity contribution in [2.24, 2.45) is 5.92 Å². The van der Waals surface area contributed by atoms with Crippen LogP contribution in [0.15, 0.2) is 54.7 Å². The molecule has 1 unspecified atom stereocenters. The van der Waals surface area contributed by atoms with Gasteiger partial charge in [-0.25, -0.2) is 14.4 Å². The third-order valence-electron chi connectivity index (χ3n) is 5.51. The van der Waals surface area contributed by atoms with E-state index in [2.05, 4.69) is 20.2 Å². The minimum atomic E-state index is -0.302. The second-order valence-electron chi connectivity index (χ2n) is 7.59. The van der Waals surface area contributed by atoms with Crippen molar-refractivity contribution in [3.8, 4) is 22.9 Å². The van der Waals surface area contributed by atoms with E-state index in [1.54, 1.807) is 50.7 Å². The molecule has 0 spiro atoms. The van der Waals surface area contributed by atoms with Gasteiger partial charge in [0, 0.05) is 36.6 Å². The molecule has 8 heteroatoms. The van der Waals surface area contributed by atoms with Gasteiger partial charge >= 0.3 is 0 Å². The molecule has 1 N–H and O–H groups in total. The van der Waals surface area contributed by atoms with E-state index in [9.17, 15) is 9.18 Å². The molecule has 1 aromatic heterocycles. The van der Waals surface area contributed by atoms with Crippen molar-refractivity contribution in [1.82, 2.24) is 9.97 Å². The molecule has 0 aliphatic carbocycles. The zero-order valence-electron chi connectivity index (χ0n) is 18.0. The molecule has 4 rings (SSSR count). The normalized spacial score (nSPS) is 15.8. The Morgan fingerprint density at radius 3 is 2.62 bits per heavy atom. The standard InChI is InChI=1S/C24H25FN4O3/c1-31-20-10-9-19(14-21(20)32-2)27-24(30)17-4-3-13-29(15-17)22-11-12-26-23(28-22)16-5-7-18(25)8-6-16/h5-12,14,17H,3-4,13,15H2,1-2H3,(H,27,30). The van der Waals surface area contributed by atoms with Gasteiger partial charge < -0.3 is 19.7 Å². The van der Waals surface area contributed by atoms with E-state index >= 15 is 0 Å². The van der Waals surface area contributed by atoms with Crippen molar-refractivity contribution in [1.29, 1.82) is 0 Å². The van der Waals surface area contributed by atoms with Crippen LogP contribution >= 0.6 is 0 Å². The molecule has 1 amide bonds. The molecule has 1 saturated heterocycles. The first-order valence-corrected chi connectivity index (χ1v) is 10.4. The molecule has 32 heavy (non-hydrogen) atoms. The number of carbonyl (C=O) groups excluding carboxylic acids is 1. The highest BCUT2D eigenvalue weighted by Gasteiger charge is 2.27. The monoisotopic (exact) mass is 436 g/mol. The summed E-state index contributed by atoms with van der Waals surface area (Å²) in [5.41, 5.74) is 1.40. The number of hydrogen-bond donors (Lipinski definition) is 1. The number of hydrogen-bond acceptors (Lipinski definition) is 6. The first kappa shape index (κ1) is 21.5. The third-order valence-corrected chi connectivity index (χ3v) is 5.51. The number of piperidine rings is 1. The number of ether oxygens (including phenoxy) is 2. The zero-order chi connectivity index (χ0) is 22.5. The Balaban J connectivity index is 1.46. The van der Waals surface area contributed by atoms with Gasteiger partial charge in [0.05, 0.1) is 20.1 Å². The lowest BCUT2D eigenvalue weighted by Crippen LogP contribution is -2.41. The summed E-state index contributed by atoms with van der Waals surface area (Å²) in [4.78, 5) is 24.0. The largest absolute Gasteiger partial charge is 0.493 e. The Bertz CT molecular complexity index is 1090. The maximum absolute atomic E-state index is 13.2. The topological polar surface area (TPSA) is 76.6 Å². The predicted octanol–water partition coefficient (Wildman–Crippen LogP) is 4.16. The van der Waals surface area contributed by atoms with Crippen LogP contribution in [0.1, 0.15) is 12.8 Å². The van der Waals surface area contributed by atoms with E-state index in [0.717, 1.165) is 30.8 Å². The van der Waals surface area contributed by atoms with Crippen LogP contribution in [0.3, 0.4) is 0 Å². The third kappa shape index (κ3) is 4.80. The van der Waals surface area contributed by atoms with Gasteiger partial charge in [0.15, 0.2) is 17.3 Å². The summed E-state index contributed by atoms with van der Waals surface area (Å²) in [6.07, 6.45) is 3.36. The average molecular weight is 436 g/mol. The molecule has 1 fully saturated rings. The fraction of sp³-hybridized carbons (Fsp3) is 0.292. The van der Waals surface area contributed by atoms with Gasteiger partial charge in [-0.05, 0) is 55.3 Å². The van der Waals surface area contributed by atoms with Crippen molar-refractivity contribution in [3.05, 3.63) is 60.5 Å². The van der Waals surface area contributed by atoms with Gasteiger partial charge in [0.2, 0.25) is 5.91 Å². The van der Waals surface area contributed by atoms with Gasteiger partial charge in [-0.3, -0.25) is 4.79 Å².